The maximum Gasteiger partial charge on any atom is 0.349 e. The first kappa shape index (κ1) is 15.7. The van der Waals surface area contributed by atoms with Gasteiger partial charge >= 0.3 is 5.97 Å². The van der Waals surface area contributed by atoms with Crippen LogP contribution in [0.2, 0.25) is 0 Å². The number of hydrogen-bond donors (Lipinski definition) is 0. The van der Waals surface area contributed by atoms with Crippen molar-refractivity contribution < 1.29 is 14.3 Å². The number of thiazole rings is 1. The third-order valence-corrected chi connectivity index (χ3v) is 5.11. The molecule has 0 bridgehead atoms. The van der Waals surface area contributed by atoms with Gasteiger partial charge in [0.1, 0.15) is 4.88 Å². The smallest absolute Gasteiger partial charge is 0.349 e. The highest BCUT2D eigenvalue weighted by molar-refractivity contribution is 7.17. The predicted octanol–water partition coefficient (Wildman–Crippen LogP) is 3.03. The summed E-state index contributed by atoms with van der Waals surface area (Å²) in [6.07, 6.45) is 3.16. The summed E-state index contributed by atoms with van der Waals surface area (Å²) in [6.45, 7) is 1.55. The maximum atomic E-state index is 12.5. The number of Topliss-reactive ketones (excluding diaryl/α,β-unsaturated/α-hetero) is 1. The molecule has 0 N–H and O–H groups in total. The Kier molecular flexibility index (Phi) is 4.71. The lowest BCUT2D eigenvalue weighted by Gasteiger charge is -2.31. The summed E-state index contributed by atoms with van der Waals surface area (Å²) in [5.41, 5.74) is 0.785. The molecular formula is C17H18N2O3S. The third kappa shape index (κ3) is 3.42. The lowest BCUT2D eigenvalue weighted by molar-refractivity contribution is 0.0606. The number of piperidine rings is 1. The highest BCUT2D eigenvalue weighted by Gasteiger charge is 2.27. The number of aromatic nitrogens is 1. The van der Waals surface area contributed by atoms with Crippen LogP contribution in [-0.2, 0) is 4.74 Å². The van der Waals surface area contributed by atoms with Gasteiger partial charge in [0.25, 0.3) is 0 Å². The zero-order valence-corrected chi connectivity index (χ0v) is 13.7. The van der Waals surface area contributed by atoms with Gasteiger partial charge < -0.3 is 9.64 Å². The van der Waals surface area contributed by atoms with Crippen molar-refractivity contribution in [3.8, 4) is 0 Å². The molecule has 1 aromatic heterocycles. The van der Waals surface area contributed by atoms with E-state index in [9.17, 15) is 9.59 Å². The fraction of sp³-hybridized carbons (Fsp3) is 0.353. The fourth-order valence-electron chi connectivity index (χ4n) is 2.78. The SMILES string of the molecule is COC(=O)c1cnc(N2CCC(C(=O)c3ccccc3)CC2)s1. The lowest BCUT2D eigenvalue weighted by Crippen LogP contribution is -2.36. The van der Waals surface area contributed by atoms with Crippen molar-refractivity contribution in [3.63, 3.8) is 0 Å². The second-order valence-electron chi connectivity index (χ2n) is 5.49. The first-order valence-electron chi connectivity index (χ1n) is 7.57. The van der Waals surface area contributed by atoms with Crippen LogP contribution in [0.15, 0.2) is 36.5 Å². The van der Waals surface area contributed by atoms with E-state index in [2.05, 4.69) is 9.88 Å². The topological polar surface area (TPSA) is 59.5 Å². The van der Waals surface area contributed by atoms with Crippen LogP contribution in [0, 0.1) is 5.92 Å². The first-order valence-corrected chi connectivity index (χ1v) is 8.39. The number of methoxy groups -OCH3 is 1. The number of hydrogen-bond acceptors (Lipinski definition) is 6. The first-order chi connectivity index (χ1) is 11.2. The second kappa shape index (κ2) is 6.91. The molecule has 120 valence electrons. The van der Waals surface area contributed by atoms with E-state index >= 15 is 0 Å². The van der Waals surface area contributed by atoms with Gasteiger partial charge in [-0.2, -0.15) is 0 Å². The molecule has 1 aromatic carbocycles. The van der Waals surface area contributed by atoms with E-state index < -0.39 is 0 Å². The maximum absolute atomic E-state index is 12.5. The molecule has 0 unspecified atom stereocenters. The molecule has 2 aromatic rings. The van der Waals surface area contributed by atoms with Gasteiger partial charge in [0, 0.05) is 24.6 Å². The number of carbonyl (C=O) groups excluding carboxylic acids is 2. The van der Waals surface area contributed by atoms with E-state index in [0.717, 1.165) is 36.6 Å². The largest absolute Gasteiger partial charge is 0.465 e. The van der Waals surface area contributed by atoms with Gasteiger partial charge in [0.15, 0.2) is 10.9 Å². The van der Waals surface area contributed by atoms with Crippen LogP contribution in [0.5, 0.6) is 0 Å². The van der Waals surface area contributed by atoms with E-state index in [1.807, 2.05) is 30.3 Å². The van der Waals surface area contributed by atoms with Gasteiger partial charge in [0.05, 0.1) is 13.3 Å². The molecule has 0 saturated carbocycles. The molecule has 5 nitrogen and oxygen atoms in total. The minimum absolute atomic E-state index is 0.0636. The van der Waals surface area contributed by atoms with Gasteiger partial charge in [-0.25, -0.2) is 9.78 Å². The van der Waals surface area contributed by atoms with Crippen molar-refractivity contribution in [2.45, 2.75) is 12.8 Å². The molecule has 1 aliphatic rings. The standard InChI is InChI=1S/C17H18N2O3S/c1-22-16(21)14-11-18-17(23-14)19-9-7-13(8-10-19)15(20)12-5-3-2-4-6-12/h2-6,11,13H,7-10H2,1H3. The molecule has 0 aliphatic carbocycles. The summed E-state index contributed by atoms with van der Waals surface area (Å²) in [5, 5.41) is 0.816. The number of esters is 1. The predicted molar refractivity (Wildman–Crippen MR) is 89.2 cm³/mol. The van der Waals surface area contributed by atoms with Gasteiger partial charge in [-0.3, -0.25) is 4.79 Å². The molecule has 0 atom stereocenters. The molecule has 0 amide bonds. The van der Waals surface area contributed by atoms with Crippen LogP contribution in [0.25, 0.3) is 0 Å². The number of anilines is 1. The summed E-state index contributed by atoms with van der Waals surface area (Å²) < 4.78 is 4.70. The molecule has 2 heterocycles. The molecule has 6 heteroatoms. The molecule has 1 aliphatic heterocycles. The third-order valence-electron chi connectivity index (χ3n) is 4.07. The minimum atomic E-state index is -0.358. The molecular weight excluding hydrogens is 312 g/mol. The summed E-state index contributed by atoms with van der Waals surface area (Å²) in [6, 6.07) is 9.45. The van der Waals surface area contributed by atoms with E-state index in [1.165, 1.54) is 18.4 Å². The molecule has 1 saturated heterocycles. The number of carbonyl (C=O) groups is 2. The van der Waals surface area contributed by atoms with Crippen LogP contribution >= 0.6 is 11.3 Å². The van der Waals surface area contributed by atoms with Crippen LogP contribution in [0.1, 0.15) is 32.9 Å². The molecule has 0 radical (unpaired) electrons. The quantitative estimate of drug-likeness (QED) is 0.637. The lowest BCUT2D eigenvalue weighted by atomic mass is 9.89. The normalized spacial score (nSPS) is 15.4. The Morgan fingerprint density at radius 2 is 1.91 bits per heavy atom. The molecule has 0 spiro atoms. The average molecular weight is 330 g/mol. The highest BCUT2D eigenvalue weighted by Crippen LogP contribution is 2.29. The second-order valence-corrected chi connectivity index (χ2v) is 6.50. The molecule has 3 rings (SSSR count). The summed E-state index contributed by atoms with van der Waals surface area (Å²) in [5.74, 6) is -0.0729. The van der Waals surface area contributed by atoms with E-state index in [1.54, 1.807) is 6.20 Å². The van der Waals surface area contributed by atoms with Crippen molar-refractivity contribution in [1.82, 2.24) is 4.98 Å². The van der Waals surface area contributed by atoms with Crippen LogP contribution < -0.4 is 4.90 Å². The Labute approximate surface area is 138 Å². The fourth-order valence-corrected chi connectivity index (χ4v) is 3.66. The van der Waals surface area contributed by atoms with Crippen molar-refractivity contribution in [2.75, 3.05) is 25.1 Å². The Hall–Kier alpha value is -2.21. The van der Waals surface area contributed by atoms with Crippen LogP contribution in [0.3, 0.4) is 0 Å². The Morgan fingerprint density at radius 1 is 1.22 bits per heavy atom. The van der Waals surface area contributed by atoms with Gasteiger partial charge in [-0.05, 0) is 12.8 Å². The van der Waals surface area contributed by atoms with Crippen molar-refractivity contribution in [2.24, 2.45) is 5.92 Å². The van der Waals surface area contributed by atoms with Gasteiger partial charge in [-0.1, -0.05) is 41.7 Å². The van der Waals surface area contributed by atoms with E-state index in [4.69, 9.17) is 4.74 Å². The van der Waals surface area contributed by atoms with Crippen molar-refractivity contribution in [1.29, 1.82) is 0 Å². The van der Waals surface area contributed by atoms with Crippen molar-refractivity contribution in [3.05, 3.63) is 47.0 Å². The highest BCUT2D eigenvalue weighted by atomic mass is 32.1. The van der Waals surface area contributed by atoms with Gasteiger partial charge in [0.2, 0.25) is 0 Å². The van der Waals surface area contributed by atoms with E-state index in [-0.39, 0.29) is 17.7 Å². The van der Waals surface area contributed by atoms with Crippen LogP contribution in [-0.4, -0.2) is 36.9 Å². The average Bonchev–Trinajstić information content (AvgIpc) is 3.11. The minimum Gasteiger partial charge on any atom is -0.465 e. The molecule has 1 fully saturated rings. The summed E-state index contributed by atoms with van der Waals surface area (Å²) >= 11 is 1.33. The zero-order valence-electron chi connectivity index (χ0n) is 12.9. The summed E-state index contributed by atoms with van der Waals surface area (Å²) in [7, 11) is 1.36. The monoisotopic (exact) mass is 330 g/mol. The Bertz CT molecular complexity index is 691. The number of benzene rings is 1. The summed E-state index contributed by atoms with van der Waals surface area (Å²) in [4.78, 5) is 30.9. The number of rotatable bonds is 4. The number of ether oxygens (including phenoxy) is 1. The van der Waals surface area contributed by atoms with E-state index in [0.29, 0.717) is 4.88 Å². The van der Waals surface area contributed by atoms with Crippen LogP contribution in [0.4, 0.5) is 5.13 Å². The Balaban J connectivity index is 1.61. The molecule has 23 heavy (non-hydrogen) atoms. The Morgan fingerprint density at radius 3 is 2.57 bits per heavy atom. The van der Waals surface area contributed by atoms with Gasteiger partial charge in [-0.15, -0.1) is 0 Å². The van der Waals surface area contributed by atoms with Crippen molar-refractivity contribution >= 4 is 28.2 Å². The number of ketones is 1. The zero-order chi connectivity index (χ0) is 16.2. The number of nitrogens with zero attached hydrogens (tertiary/aromatic N) is 2.